The Kier molecular flexibility index (Phi) is 3.18. The van der Waals surface area contributed by atoms with E-state index in [0.29, 0.717) is 6.79 Å². The summed E-state index contributed by atoms with van der Waals surface area (Å²) in [5.74, 6) is 1.62. The molecule has 18 heavy (non-hydrogen) atoms. The standard InChI is InChI=1S/C13H12BrNO2S/c1-8-11(14)5-10(18-8)6-15-9-2-3-12-13(4-9)17-7-16-12/h2-5,15H,6-7H2,1H3. The Labute approximate surface area is 118 Å². The van der Waals surface area contributed by atoms with Crippen molar-refractivity contribution in [3.63, 3.8) is 0 Å². The van der Waals surface area contributed by atoms with Gasteiger partial charge in [0.05, 0.1) is 0 Å². The van der Waals surface area contributed by atoms with E-state index in [4.69, 9.17) is 9.47 Å². The molecule has 3 nitrogen and oxygen atoms in total. The molecule has 2 aromatic rings. The van der Waals surface area contributed by atoms with Gasteiger partial charge in [0.2, 0.25) is 6.79 Å². The van der Waals surface area contributed by atoms with Crippen LogP contribution in [0.1, 0.15) is 9.75 Å². The van der Waals surface area contributed by atoms with E-state index in [1.807, 2.05) is 18.2 Å². The van der Waals surface area contributed by atoms with Crippen LogP contribution in [0.3, 0.4) is 0 Å². The predicted molar refractivity (Wildman–Crippen MR) is 76.6 cm³/mol. The van der Waals surface area contributed by atoms with Crippen LogP contribution in [0.5, 0.6) is 11.5 Å². The number of thiophene rings is 1. The van der Waals surface area contributed by atoms with E-state index in [1.165, 1.54) is 14.2 Å². The van der Waals surface area contributed by atoms with E-state index in [0.717, 1.165) is 23.7 Å². The highest BCUT2D eigenvalue weighted by Crippen LogP contribution is 2.34. The molecular weight excluding hydrogens is 314 g/mol. The van der Waals surface area contributed by atoms with Crippen LogP contribution >= 0.6 is 27.3 Å². The van der Waals surface area contributed by atoms with Crippen LogP contribution in [-0.2, 0) is 6.54 Å². The maximum absolute atomic E-state index is 5.35. The fourth-order valence-electron chi connectivity index (χ4n) is 1.80. The van der Waals surface area contributed by atoms with Crippen molar-refractivity contribution < 1.29 is 9.47 Å². The summed E-state index contributed by atoms with van der Waals surface area (Å²) in [7, 11) is 0. The number of nitrogens with one attached hydrogen (secondary N) is 1. The maximum Gasteiger partial charge on any atom is 0.231 e. The van der Waals surface area contributed by atoms with Gasteiger partial charge in [-0.3, -0.25) is 0 Å². The lowest BCUT2D eigenvalue weighted by Gasteiger charge is -2.05. The van der Waals surface area contributed by atoms with E-state index in [1.54, 1.807) is 11.3 Å². The molecule has 0 spiro atoms. The van der Waals surface area contributed by atoms with E-state index in [2.05, 4.69) is 34.2 Å². The number of aryl methyl sites for hydroxylation is 1. The van der Waals surface area contributed by atoms with Gasteiger partial charge >= 0.3 is 0 Å². The van der Waals surface area contributed by atoms with E-state index in [-0.39, 0.29) is 0 Å². The highest BCUT2D eigenvalue weighted by molar-refractivity contribution is 9.10. The topological polar surface area (TPSA) is 30.5 Å². The first-order valence-corrected chi connectivity index (χ1v) is 7.21. The number of benzene rings is 1. The SMILES string of the molecule is Cc1sc(CNc2ccc3c(c2)OCO3)cc1Br. The molecule has 0 radical (unpaired) electrons. The van der Waals surface area contributed by atoms with Crippen molar-refractivity contribution in [1.29, 1.82) is 0 Å². The van der Waals surface area contributed by atoms with Gasteiger partial charge in [0.15, 0.2) is 11.5 Å². The lowest BCUT2D eigenvalue weighted by Crippen LogP contribution is -1.97. The highest BCUT2D eigenvalue weighted by atomic mass is 79.9. The van der Waals surface area contributed by atoms with Gasteiger partial charge in [0, 0.05) is 32.5 Å². The molecule has 0 fully saturated rings. The molecule has 1 aliphatic heterocycles. The third-order valence-corrected chi connectivity index (χ3v) is 4.88. The quantitative estimate of drug-likeness (QED) is 0.919. The largest absolute Gasteiger partial charge is 0.454 e. The van der Waals surface area contributed by atoms with Crippen LogP contribution in [0, 0.1) is 6.92 Å². The molecule has 5 heteroatoms. The molecule has 0 atom stereocenters. The normalized spacial score (nSPS) is 12.8. The summed E-state index contributed by atoms with van der Waals surface area (Å²) in [5, 5.41) is 3.39. The third kappa shape index (κ3) is 2.33. The summed E-state index contributed by atoms with van der Waals surface area (Å²) in [6, 6.07) is 8.06. The third-order valence-electron chi connectivity index (χ3n) is 2.75. The maximum atomic E-state index is 5.35. The van der Waals surface area contributed by atoms with Crippen molar-refractivity contribution in [2.75, 3.05) is 12.1 Å². The number of anilines is 1. The summed E-state index contributed by atoms with van der Waals surface area (Å²) in [4.78, 5) is 2.61. The first-order chi connectivity index (χ1) is 8.72. The minimum absolute atomic E-state index is 0.315. The van der Waals surface area contributed by atoms with Gasteiger partial charge in [0.1, 0.15) is 0 Å². The Bertz CT molecular complexity index is 563. The van der Waals surface area contributed by atoms with Gasteiger partial charge in [-0.05, 0) is 41.1 Å². The monoisotopic (exact) mass is 325 g/mol. The number of rotatable bonds is 3. The first-order valence-electron chi connectivity index (χ1n) is 5.61. The van der Waals surface area contributed by atoms with Crippen LogP contribution < -0.4 is 14.8 Å². The van der Waals surface area contributed by atoms with Crippen molar-refractivity contribution in [2.24, 2.45) is 0 Å². The van der Waals surface area contributed by atoms with Gasteiger partial charge in [-0.25, -0.2) is 0 Å². The summed E-state index contributed by atoms with van der Waals surface area (Å²) < 4.78 is 11.8. The van der Waals surface area contributed by atoms with Crippen molar-refractivity contribution in [3.8, 4) is 11.5 Å². The zero-order valence-corrected chi connectivity index (χ0v) is 12.2. The number of fused-ring (bicyclic) bond motifs is 1. The molecule has 3 rings (SSSR count). The smallest absolute Gasteiger partial charge is 0.231 e. The van der Waals surface area contributed by atoms with Crippen LogP contribution in [0.25, 0.3) is 0 Å². The van der Waals surface area contributed by atoms with Gasteiger partial charge in [-0.15, -0.1) is 11.3 Å². The molecule has 1 N–H and O–H groups in total. The first kappa shape index (κ1) is 11.9. The molecule has 0 unspecified atom stereocenters. The van der Waals surface area contributed by atoms with Crippen molar-refractivity contribution in [2.45, 2.75) is 13.5 Å². The fraction of sp³-hybridized carbons (Fsp3) is 0.231. The van der Waals surface area contributed by atoms with Crippen molar-refractivity contribution >= 4 is 33.0 Å². The number of hydrogen-bond donors (Lipinski definition) is 1. The Morgan fingerprint density at radius 1 is 1.28 bits per heavy atom. The molecule has 1 aliphatic rings. The summed E-state index contributed by atoms with van der Waals surface area (Å²) in [6.45, 7) is 3.24. The van der Waals surface area contributed by atoms with E-state index < -0.39 is 0 Å². The average Bonchev–Trinajstić information content (AvgIpc) is 2.94. The lowest BCUT2D eigenvalue weighted by atomic mass is 10.2. The lowest BCUT2D eigenvalue weighted by molar-refractivity contribution is 0.174. The zero-order chi connectivity index (χ0) is 12.5. The summed E-state index contributed by atoms with van der Waals surface area (Å²) in [5.41, 5.74) is 1.04. The minimum Gasteiger partial charge on any atom is -0.454 e. The molecule has 1 aromatic carbocycles. The van der Waals surface area contributed by atoms with Gasteiger partial charge in [0.25, 0.3) is 0 Å². The second kappa shape index (κ2) is 4.82. The fourth-order valence-corrected chi connectivity index (χ4v) is 3.34. The zero-order valence-electron chi connectivity index (χ0n) is 9.83. The van der Waals surface area contributed by atoms with Crippen LogP contribution in [0.4, 0.5) is 5.69 Å². The molecule has 0 bridgehead atoms. The Morgan fingerprint density at radius 2 is 2.11 bits per heavy atom. The van der Waals surface area contributed by atoms with Gasteiger partial charge < -0.3 is 14.8 Å². The summed E-state index contributed by atoms with van der Waals surface area (Å²) >= 11 is 5.32. The highest BCUT2D eigenvalue weighted by Gasteiger charge is 2.13. The second-order valence-electron chi connectivity index (χ2n) is 4.04. The van der Waals surface area contributed by atoms with Gasteiger partial charge in [-0.2, -0.15) is 0 Å². The molecule has 94 valence electrons. The molecule has 1 aromatic heterocycles. The second-order valence-corrected chi connectivity index (χ2v) is 6.23. The number of halogens is 1. The molecule has 0 amide bonds. The molecule has 0 saturated carbocycles. The molecule has 0 saturated heterocycles. The average molecular weight is 326 g/mol. The van der Waals surface area contributed by atoms with Crippen LogP contribution in [-0.4, -0.2) is 6.79 Å². The Balaban J connectivity index is 1.70. The summed E-state index contributed by atoms with van der Waals surface area (Å²) in [6.07, 6.45) is 0. The Morgan fingerprint density at radius 3 is 2.89 bits per heavy atom. The number of ether oxygens (including phenoxy) is 2. The van der Waals surface area contributed by atoms with Crippen molar-refractivity contribution in [1.82, 2.24) is 0 Å². The van der Waals surface area contributed by atoms with Gasteiger partial charge in [-0.1, -0.05) is 0 Å². The Hall–Kier alpha value is -1.20. The number of hydrogen-bond acceptors (Lipinski definition) is 4. The van der Waals surface area contributed by atoms with E-state index >= 15 is 0 Å². The molecular formula is C13H12BrNO2S. The van der Waals surface area contributed by atoms with Crippen LogP contribution in [0.15, 0.2) is 28.7 Å². The minimum atomic E-state index is 0.315. The van der Waals surface area contributed by atoms with E-state index in [9.17, 15) is 0 Å². The van der Waals surface area contributed by atoms with Crippen LogP contribution in [0.2, 0.25) is 0 Å². The predicted octanol–water partition coefficient (Wildman–Crippen LogP) is 4.16. The van der Waals surface area contributed by atoms with Crippen molar-refractivity contribution in [3.05, 3.63) is 38.5 Å². The molecule has 0 aliphatic carbocycles. The molecule has 2 heterocycles.